The molecule has 2 N–H and O–H groups in total. The molecule has 2 rings (SSSR count). The number of aliphatic hydroxyl groups is 1. The lowest BCUT2D eigenvalue weighted by molar-refractivity contribution is 0.175. The summed E-state index contributed by atoms with van der Waals surface area (Å²) in [4.78, 5) is 4.12. The van der Waals surface area contributed by atoms with Crippen LogP contribution in [0.5, 0.6) is 0 Å². The molecule has 0 bridgehead atoms. The number of hydrogen-bond donors (Lipinski definition) is 2. The Hall–Kier alpha value is -0.460. The molecule has 0 amide bonds. The molecule has 2 aromatic heterocycles. The average Bonchev–Trinajstić information content (AvgIpc) is 2.89. The van der Waals surface area contributed by atoms with Gasteiger partial charge in [0.2, 0.25) is 0 Å². The van der Waals surface area contributed by atoms with E-state index >= 15 is 0 Å². The van der Waals surface area contributed by atoms with Gasteiger partial charge in [0.25, 0.3) is 0 Å². The molecule has 6 heteroatoms. The topological polar surface area (TPSA) is 45.1 Å². The first-order valence-electron chi connectivity index (χ1n) is 4.77. The third kappa shape index (κ3) is 3.26. The van der Waals surface area contributed by atoms with Gasteiger partial charge < -0.3 is 10.4 Å². The zero-order valence-electron chi connectivity index (χ0n) is 8.39. The number of nitrogens with one attached hydrogen (secondary N) is 1. The van der Waals surface area contributed by atoms with E-state index in [0.717, 1.165) is 10.6 Å². The lowest BCUT2D eigenvalue weighted by atomic mass is 10.2. The van der Waals surface area contributed by atoms with Crippen molar-refractivity contribution in [2.75, 3.05) is 6.54 Å². The summed E-state index contributed by atoms with van der Waals surface area (Å²) in [7, 11) is 0. The van der Waals surface area contributed by atoms with Gasteiger partial charge in [0, 0.05) is 13.1 Å². The number of thiazole rings is 1. The Kier molecular flexibility index (Phi) is 4.31. The van der Waals surface area contributed by atoms with Gasteiger partial charge in [-0.3, -0.25) is 0 Å². The molecule has 1 unspecified atom stereocenters. The molecule has 16 heavy (non-hydrogen) atoms. The number of hydrogen-bond acceptors (Lipinski definition) is 5. The van der Waals surface area contributed by atoms with Crippen molar-refractivity contribution < 1.29 is 5.11 Å². The number of rotatable bonds is 5. The second kappa shape index (κ2) is 5.75. The van der Waals surface area contributed by atoms with Crippen molar-refractivity contribution >= 4 is 34.3 Å². The summed E-state index contributed by atoms with van der Waals surface area (Å²) in [5.74, 6) is 0. The second-order valence-corrected chi connectivity index (χ2v) is 5.79. The fourth-order valence-electron chi connectivity index (χ4n) is 1.27. The Labute approximate surface area is 107 Å². The molecule has 0 aliphatic rings. The molecular weight excluding hydrogens is 264 g/mol. The fraction of sp³-hybridized carbons (Fsp3) is 0.300. The third-order valence-electron chi connectivity index (χ3n) is 2.07. The Bertz CT molecular complexity index is 430. The van der Waals surface area contributed by atoms with Crippen molar-refractivity contribution in [3.8, 4) is 0 Å². The summed E-state index contributed by atoms with van der Waals surface area (Å²) < 4.78 is 0.690. The largest absolute Gasteiger partial charge is 0.387 e. The van der Waals surface area contributed by atoms with Gasteiger partial charge in [-0.15, -0.1) is 11.3 Å². The molecule has 0 saturated heterocycles. The Morgan fingerprint density at radius 1 is 1.56 bits per heavy atom. The van der Waals surface area contributed by atoms with Crippen LogP contribution in [0, 0.1) is 0 Å². The number of thiophene rings is 1. The molecule has 0 spiro atoms. The highest BCUT2D eigenvalue weighted by atomic mass is 35.5. The molecule has 0 saturated carbocycles. The molecule has 2 heterocycles. The minimum absolute atomic E-state index is 0.457. The molecule has 0 aliphatic carbocycles. The average molecular weight is 275 g/mol. The molecule has 0 fully saturated rings. The number of nitrogens with zero attached hydrogens (tertiary/aromatic N) is 1. The van der Waals surface area contributed by atoms with E-state index in [4.69, 9.17) is 11.6 Å². The Morgan fingerprint density at radius 3 is 3.06 bits per heavy atom. The monoisotopic (exact) mass is 274 g/mol. The van der Waals surface area contributed by atoms with Gasteiger partial charge in [-0.1, -0.05) is 11.6 Å². The molecule has 0 radical (unpaired) electrons. The van der Waals surface area contributed by atoms with Crippen molar-refractivity contribution in [3.63, 3.8) is 0 Å². The molecule has 0 aliphatic heterocycles. The number of aliphatic hydroxyl groups excluding tert-OH is 1. The van der Waals surface area contributed by atoms with Crippen molar-refractivity contribution in [1.29, 1.82) is 0 Å². The number of halogens is 1. The lowest BCUT2D eigenvalue weighted by Crippen LogP contribution is -2.20. The van der Waals surface area contributed by atoms with Crippen LogP contribution in [0.4, 0.5) is 0 Å². The van der Waals surface area contributed by atoms with Crippen LogP contribution in [-0.4, -0.2) is 16.6 Å². The smallest absolute Gasteiger partial charge is 0.113 e. The van der Waals surface area contributed by atoms with Crippen LogP contribution in [0.1, 0.15) is 16.7 Å². The zero-order valence-corrected chi connectivity index (χ0v) is 10.8. The standard InChI is InChI=1S/C10H11ClN2OS2/c11-9-4-13-10(16-9)5-12-3-8(14)7-1-2-15-6-7/h1-2,4,6,8,12,14H,3,5H2. The van der Waals surface area contributed by atoms with E-state index in [0.29, 0.717) is 17.4 Å². The van der Waals surface area contributed by atoms with Crippen molar-refractivity contribution in [3.05, 3.63) is 37.9 Å². The maximum Gasteiger partial charge on any atom is 0.113 e. The summed E-state index contributed by atoms with van der Waals surface area (Å²) >= 11 is 8.80. The van der Waals surface area contributed by atoms with E-state index in [1.807, 2.05) is 16.8 Å². The molecule has 0 aromatic carbocycles. The molecule has 86 valence electrons. The van der Waals surface area contributed by atoms with Crippen LogP contribution >= 0.6 is 34.3 Å². The predicted molar refractivity (Wildman–Crippen MR) is 68.1 cm³/mol. The van der Waals surface area contributed by atoms with Gasteiger partial charge in [0.1, 0.15) is 9.34 Å². The van der Waals surface area contributed by atoms with Crippen LogP contribution in [0.25, 0.3) is 0 Å². The lowest BCUT2D eigenvalue weighted by Gasteiger charge is -2.08. The van der Waals surface area contributed by atoms with Gasteiger partial charge in [-0.25, -0.2) is 4.98 Å². The first kappa shape index (κ1) is 12.0. The van der Waals surface area contributed by atoms with Gasteiger partial charge in [0.05, 0.1) is 12.3 Å². The Balaban J connectivity index is 1.76. The quantitative estimate of drug-likeness (QED) is 0.881. The van der Waals surface area contributed by atoms with Crippen molar-refractivity contribution in [1.82, 2.24) is 10.3 Å². The fourth-order valence-corrected chi connectivity index (χ4v) is 2.90. The minimum Gasteiger partial charge on any atom is -0.387 e. The van der Waals surface area contributed by atoms with E-state index in [2.05, 4.69) is 10.3 Å². The highest BCUT2D eigenvalue weighted by molar-refractivity contribution is 7.15. The normalized spacial score (nSPS) is 12.9. The van der Waals surface area contributed by atoms with E-state index in [9.17, 15) is 5.11 Å². The van der Waals surface area contributed by atoms with Crippen LogP contribution in [-0.2, 0) is 6.54 Å². The van der Waals surface area contributed by atoms with Crippen LogP contribution in [0.15, 0.2) is 23.0 Å². The van der Waals surface area contributed by atoms with E-state index in [1.54, 1.807) is 17.5 Å². The summed E-state index contributed by atoms with van der Waals surface area (Å²) in [5, 5.41) is 17.8. The second-order valence-electron chi connectivity index (χ2n) is 3.26. The van der Waals surface area contributed by atoms with E-state index < -0.39 is 6.10 Å². The third-order valence-corrected chi connectivity index (χ3v) is 3.88. The minimum atomic E-state index is -0.457. The molecule has 3 nitrogen and oxygen atoms in total. The Morgan fingerprint density at radius 2 is 2.44 bits per heavy atom. The van der Waals surface area contributed by atoms with Gasteiger partial charge in [-0.05, 0) is 22.4 Å². The van der Waals surface area contributed by atoms with Gasteiger partial charge >= 0.3 is 0 Å². The number of aromatic nitrogens is 1. The first-order valence-corrected chi connectivity index (χ1v) is 6.90. The van der Waals surface area contributed by atoms with Crippen molar-refractivity contribution in [2.45, 2.75) is 12.6 Å². The summed E-state index contributed by atoms with van der Waals surface area (Å²) in [6.07, 6.45) is 1.18. The van der Waals surface area contributed by atoms with Gasteiger partial charge in [-0.2, -0.15) is 11.3 Å². The highest BCUT2D eigenvalue weighted by Crippen LogP contribution is 2.18. The zero-order chi connectivity index (χ0) is 11.4. The van der Waals surface area contributed by atoms with Crippen LogP contribution in [0.3, 0.4) is 0 Å². The van der Waals surface area contributed by atoms with Crippen molar-refractivity contribution in [2.24, 2.45) is 0 Å². The highest BCUT2D eigenvalue weighted by Gasteiger charge is 2.07. The van der Waals surface area contributed by atoms with E-state index in [1.165, 1.54) is 11.3 Å². The maximum atomic E-state index is 9.79. The summed E-state index contributed by atoms with van der Waals surface area (Å²) in [6, 6.07) is 1.93. The summed E-state index contributed by atoms with van der Waals surface area (Å²) in [5.41, 5.74) is 0.953. The van der Waals surface area contributed by atoms with Crippen LogP contribution in [0.2, 0.25) is 4.34 Å². The summed E-state index contributed by atoms with van der Waals surface area (Å²) in [6.45, 7) is 1.16. The molecule has 2 aromatic rings. The molecule has 1 atom stereocenters. The SMILES string of the molecule is OC(CNCc1ncc(Cl)s1)c1ccsc1. The predicted octanol–water partition coefficient (Wildman–Crippen LogP) is 2.68. The van der Waals surface area contributed by atoms with Gasteiger partial charge in [0.15, 0.2) is 0 Å². The molecular formula is C10H11ClN2OS2. The first-order chi connectivity index (χ1) is 7.75. The van der Waals surface area contributed by atoms with E-state index in [-0.39, 0.29) is 0 Å². The van der Waals surface area contributed by atoms with Crippen LogP contribution < -0.4 is 5.32 Å². The maximum absolute atomic E-state index is 9.79.